The second kappa shape index (κ2) is 5.72. The molecule has 7 nitrogen and oxygen atoms in total. The molecule has 8 heteroatoms. The summed E-state index contributed by atoms with van der Waals surface area (Å²) >= 11 is 0. The fourth-order valence-electron chi connectivity index (χ4n) is 2.52. The number of carboxylic acid groups (broad SMARTS) is 1. The molecule has 24 heavy (non-hydrogen) atoms. The van der Waals surface area contributed by atoms with Crippen LogP contribution in [0.25, 0.3) is 0 Å². The Morgan fingerprint density at radius 2 is 2.00 bits per heavy atom. The zero-order valence-corrected chi connectivity index (χ0v) is 13.5. The number of rotatable bonds is 4. The summed E-state index contributed by atoms with van der Waals surface area (Å²) in [6, 6.07) is 7.94. The number of phenols is 1. The van der Waals surface area contributed by atoms with Crippen molar-refractivity contribution in [1.29, 1.82) is 0 Å². The number of ether oxygens (including phenoxy) is 1. The SMILES string of the molecule is CC1Cc2cc(S(=O)(=O)Nc3ccc(C(=O)O)cc3O)ccc2O1. The molecule has 2 aromatic rings. The Morgan fingerprint density at radius 3 is 2.67 bits per heavy atom. The van der Waals surface area contributed by atoms with Crippen LogP contribution in [-0.4, -0.2) is 30.7 Å². The molecule has 1 aliphatic rings. The molecule has 3 N–H and O–H groups in total. The molecule has 0 saturated heterocycles. The van der Waals surface area contributed by atoms with Gasteiger partial charge >= 0.3 is 5.97 Å². The van der Waals surface area contributed by atoms with Crippen LogP contribution in [0.4, 0.5) is 5.69 Å². The maximum atomic E-state index is 12.5. The first-order chi connectivity index (χ1) is 11.3. The van der Waals surface area contributed by atoms with E-state index >= 15 is 0 Å². The molecule has 0 saturated carbocycles. The quantitative estimate of drug-likeness (QED) is 0.730. The first-order valence-corrected chi connectivity index (χ1v) is 8.63. The number of nitrogens with one attached hydrogen (secondary N) is 1. The number of carboxylic acids is 1. The third kappa shape index (κ3) is 3.00. The highest BCUT2D eigenvalue weighted by Crippen LogP contribution is 2.32. The lowest BCUT2D eigenvalue weighted by Gasteiger charge is -2.11. The molecule has 1 aliphatic heterocycles. The average molecular weight is 349 g/mol. The Kier molecular flexibility index (Phi) is 3.84. The van der Waals surface area contributed by atoms with Gasteiger partial charge in [0.15, 0.2) is 0 Å². The normalized spacial score (nSPS) is 16.3. The van der Waals surface area contributed by atoms with E-state index in [0.29, 0.717) is 12.2 Å². The van der Waals surface area contributed by atoms with Crippen molar-refractivity contribution in [3.8, 4) is 11.5 Å². The molecule has 0 aromatic heterocycles. The standard InChI is InChI=1S/C16H15NO6S/c1-9-6-11-7-12(3-5-15(11)23-9)24(21,22)17-13-4-2-10(16(19)20)8-14(13)18/h2-5,7-9,17-18H,6H2,1H3,(H,19,20). The number of benzene rings is 2. The summed E-state index contributed by atoms with van der Waals surface area (Å²) in [6.07, 6.45) is 0.621. The summed E-state index contributed by atoms with van der Waals surface area (Å²) in [5, 5.41) is 18.7. The van der Waals surface area contributed by atoms with Crippen LogP contribution in [0.1, 0.15) is 22.8 Å². The molecule has 0 aliphatic carbocycles. The van der Waals surface area contributed by atoms with E-state index < -0.39 is 21.7 Å². The fourth-order valence-corrected chi connectivity index (χ4v) is 3.64. The van der Waals surface area contributed by atoms with Crippen LogP contribution in [0.15, 0.2) is 41.3 Å². The lowest BCUT2D eigenvalue weighted by molar-refractivity contribution is 0.0696. The van der Waals surface area contributed by atoms with Gasteiger partial charge in [-0.3, -0.25) is 4.72 Å². The summed E-state index contributed by atoms with van der Waals surface area (Å²) in [5.41, 5.74) is 0.569. The minimum absolute atomic E-state index is 0.00137. The summed E-state index contributed by atoms with van der Waals surface area (Å²) < 4.78 is 32.7. The summed E-state index contributed by atoms with van der Waals surface area (Å²) in [7, 11) is -3.92. The van der Waals surface area contributed by atoms with Gasteiger partial charge in [0.1, 0.15) is 17.6 Å². The van der Waals surface area contributed by atoms with Crippen LogP contribution in [0, 0.1) is 0 Å². The predicted octanol–water partition coefficient (Wildman–Crippen LogP) is 2.21. The van der Waals surface area contributed by atoms with Crippen molar-refractivity contribution in [2.24, 2.45) is 0 Å². The van der Waals surface area contributed by atoms with Gasteiger partial charge in [-0.2, -0.15) is 0 Å². The fraction of sp³-hybridized carbons (Fsp3) is 0.188. The predicted molar refractivity (Wildman–Crippen MR) is 86.1 cm³/mol. The monoisotopic (exact) mass is 349 g/mol. The third-order valence-corrected chi connectivity index (χ3v) is 5.03. The molecule has 0 spiro atoms. The molecule has 3 rings (SSSR count). The molecular formula is C16H15NO6S. The van der Waals surface area contributed by atoms with Gasteiger partial charge in [-0.05, 0) is 48.9 Å². The molecule has 1 heterocycles. The van der Waals surface area contributed by atoms with Crippen molar-refractivity contribution in [3.63, 3.8) is 0 Å². The van der Waals surface area contributed by atoms with Crippen molar-refractivity contribution in [1.82, 2.24) is 0 Å². The number of aromatic carboxylic acids is 1. The number of hydrogen-bond acceptors (Lipinski definition) is 5. The minimum atomic E-state index is -3.92. The van der Waals surface area contributed by atoms with E-state index in [2.05, 4.69) is 4.72 Å². The molecule has 0 bridgehead atoms. The maximum absolute atomic E-state index is 12.5. The highest BCUT2D eigenvalue weighted by Gasteiger charge is 2.23. The molecule has 0 amide bonds. The van der Waals surface area contributed by atoms with Crippen LogP contribution in [-0.2, 0) is 16.4 Å². The first kappa shape index (κ1) is 16.1. The van der Waals surface area contributed by atoms with E-state index in [9.17, 15) is 18.3 Å². The van der Waals surface area contributed by atoms with Gasteiger partial charge in [0.25, 0.3) is 10.0 Å². The van der Waals surface area contributed by atoms with Crippen molar-refractivity contribution in [2.45, 2.75) is 24.3 Å². The smallest absolute Gasteiger partial charge is 0.335 e. The molecule has 1 atom stereocenters. The number of hydrogen-bond donors (Lipinski definition) is 3. The number of anilines is 1. The lowest BCUT2D eigenvalue weighted by atomic mass is 10.1. The number of phenolic OH excluding ortho intramolecular Hbond substituents is 1. The number of fused-ring (bicyclic) bond motifs is 1. The summed E-state index contributed by atoms with van der Waals surface area (Å²) in [6.45, 7) is 1.90. The van der Waals surface area contributed by atoms with Gasteiger partial charge in [-0.15, -0.1) is 0 Å². The van der Waals surface area contributed by atoms with Gasteiger partial charge in [0, 0.05) is 6.42 Å². The second-order valence-corrected chi connectivity index (χ2v) is 7.23. The minimum Gasteiger partial charge on any atom is -0.506 e. The Hall–Kier alpha value is -2.74. The van der Waals surface area contributed by atoms with E-state index in [1.54, 1.807) is 6.07 Å². The number of sulfonamides is 1. The van der Waals surface area contributed by atoms with E-state index in [1.165, 1.54) is 24.3 Å². The maximum Gasteiger partial charge on any atom is 0.335 e. The first-order valence-electron chi connectivity index (χ1n) is 7.15. The zero-order chi connectivity index (χ0) is 17.5. The zero-order valence-electron chi connectivity index (χ0n) is 12.7. The molecule has 126 valence electrons. The number of carbonyl (C=O) groups is 1. The average Bonchev–Trinajstić information content (AvgIpc) is 2.88. The Morgan fingerprint density at radius 1 is 1.25 bits per heavy atom. The van der Waals surface area contributed by atoms with E-state index in [-0.39, 0.29) is 22.3 Å². The van der Waals surface area contributed by atoms with Crippen LogP contribution < -0.4 is 9.46 Å². The van der Waals surface area contributed by atoms with E-state index in [0.717, 1.165) is 11.6 Å². The highest BCUT2D eigenvalue weighted by molar-refractivity contribution is 7.92. The van der Waals surface area contributed by atoms with Crippen LogP contribution >= 0.6 is 0 Å². The van der Waals surface area contributed by atoms with Gasteiger partial charge in [-0.25, -0.2) is 13.2 Å². The molecule has 0 fully saturated rings. The van der Waals surface area contributed by atoms with Gasteiger partial charge in [0.2, 0.25) is 0 Å². The topological polar surface area (TPSA) is 113 Å². The molecule has 0 radical (unpaired) electrons. The Bertz CT molecular complexity index is 922. The van der Waals surface area contributed by atoms with Crippen LogP contribution in [0.2, 0.25) is 0 Å². The van der Waals surface area contributed by atoms with Crippen molar-refractivity contribution >= 4 is 21.7 Å². The van der Waals surface area contributed by atoms with Crippen molar-refractivity contribution in [3.05, 3.63) is 47.5 Å². The van der Waals surface area contributed by atoms with Crippen LogP contribution in [0.3, 0.4) is 0 Å². The largest absolute Gasteiger partial charge is 0.506 e. The van der Waals surface area contributed by atoms with Gasteiger partial charge in [0.05, 0.1) is 16.1 Å². The van der Waals surface area contributed by atoms with Crippen molar-refractivity contribution in [2.75, 3.05) is 4.72 Å². The molecule has 1 unspecified atom stereocenters. The lowest BCUT2D eigenvalue weighted by Crippen LogP contribution is -2.13. The van der Waals surface area contributed by atoms with Crippen molar-refractivity contribution < 1.29 is 28.2 Å². The Labute approximate surface area is 138 Å². The number of aromatic hydroxyl groups is 1. The summed E-state index contributed by atoms with van der Waals surface area (Å²) in [4.78, 5) is 10.9. The van der Waals surface area contributed by atoms with E-state index in [1.807, 2.05) is 6.92 Å². The third-order valence-electron chi connectivity index (χ3n) is 3.67. The van der Waals surface area contributed by atoms with E-state index in [4.69, 9.17) is 9.84 Å². The Balaban J connectivity index is 1.90. The summed E-state index contributed by atoms with van der Waals surface area (Å²) in [5.74, 6) is -1.01. The van der Waals surface area contributed by atoms with Gasteiger partial charge < -0.3 is 14.9 Å². The van der Waals surface area contributed by atoms with Gasteiger partial charge in [-0.1, -0.05) is 0 Å². The highest BCUT2D eigenvalue weighted by atomic mass is 32.2. The molecular weight excluding hydrogens is 334 g/mol. The molecule has 2 aromatic carbocycles. The van der Waals surface area contributed by atoms with Crippen LogP contribution in [0.5, 0.6) is 11.5 Å². The second-order valence-electron chi connectivity index (χ2n) is 5.54.